The second-order valence-electron chi connectivity index (χ2n) is 5.85. The maximum absolute atomic E-state index is 13.1. The zero-order valence-electron chi connectivity index (χ0n) is 14.2. The number of benzene rings is 1. The van der Waals surface area contributed by atoms with E-state index in [1.54, 1.807) is 11.7 Å². The molecule has 1 aromatic carbocycles. The molecular weight excluding hydrogens is 384 g/mol. The van der Waals surface area contributed by atoms with Crippen molar-refractivity contribution in [1.82, 2.24) is 20.1 Å². The molecule has 1 fully saturated rings. The van der Waals surface area contributed by atoms with E-state index in [0.717, 1.165) is 31.8 Å². The predicted molar refractivity (Wildman–Crippen MR) is 98.6 cm³/mol. The predicted octanol–water partition coefficient (Wildman–Crippen LogP) is 2.51. The van der Waals surface area contributed by atoms with Crippen molar-refractivity contribution >= 4 is 35.9 Å². The van der Waals surface area contributed by atoms with Crippen LogP contribution in [0.3, 0.4) is 0 Å². The molecule has 0 saturated carbocycles. The van der Waals surface area contributed by atoms with E-state index >= 15 is 0 Å². The average molecular weight is 404 g/mol. The molecule has 0 aliphatic carbocycles. The Morgan fingerprint density at radius 2 is 2.19 bits per heavy atom. The molecule has 26 heavy (non-hydrogen) atoms. The topological polar surface area (TPSA) is 81.1 Å². The van der Waals surface area contributed by atoms with Gasteiger partial charge in [-0.2, -0.15) is 10.1 Å². The number of carbonyl (C=O) groups excluding carboxylic acids is 1. The molecule has 10 heteroatoms. The van der Waals surface area contributed by atoms with Crippen molar-refractivity contribution in [2.75, 3.05) is 25.0 Å². The first-order chi connectivity index (χ1) is 12.0. The molecule has 1 amide bonds. The number of aromatic nitrogens is 3. The fourth-order valence-corrected chi connectivity index (χ4v) is 2.81. The van der Waals surface area contributed by atoms with Crippen molar-refractivity contribution in [1.29, 1.82) is 0 Å². The van der Waals surface area contributed by atoms with Crippen LogP contribution in [0.2, 0.25) is 5.02 Å². The van der Waals surface area contributed by atoms with Gasteiger partial charge in [-0.1, -0.05) is 11.6 Å². The summed E-state index contributed by atoms with van der Waals surface area (Å²) in [7, 11) is 1.73. The van der Waals surface area contributed by atoms with Crippen molar-refractivity contribution < 1.29 is 13.9 Å². The van der Waals surface area contributed by atoms with Gasteiger partial charge in [0.25, 0.3) is 5.91 Å². The number of aryl methyl sites for hydroxylation is 1. The molecule has 0 bridgehead atoms. The van der Waals surface area contributed by atoms with Crippen LogP contribution in [0, 0.1) is 5.82 Å². The normalized spacial score (nSPS) is 14.6. The highest BCUT2D eigenvalue weighted by molar-refractivity contribution is 6.30. The van der Waals surface area contributed by atoms with Crippen LogP contribution in [0.25, 0.3) is 0 Å². The van der Waals surface area contributed by atoms with E-state index in [9.17, 15) is 9.18 Å². The molecule has 0 radical (unpaired) electrons. The number of halogens is 3. The maximum atomic E-state index is 13.1. The molecule has 2 N–H and O–H groups in total. The third kappa shape index (κ3) is 5.06. The lowest BCUT2D eigenvalue weighted by Crippen LogP contribution is -2.27. The summed E-state index contributed by atoms with van der Waals surface area (Å²) in [5.41, 5.74) is 0. The number of piperidine rings is 1. The van der Waals surface area contributed by atoms with Gasteiger partial charge in [0.2, 0.25) is 5.95 Å². The first kappa shape index (κ1) is 20.4. The lowest BCUT2D eigenvalue weighted by molar-refractivity contribution is -0.118. The van der Waals surface area contributed by atoms with Crippen molar-refractivity contribution in [3.05, 3.63) is 34.9 Å². The molecule has 2 aromatic rings. The Kier molecular flexibility index (Phi) is 7.19. The number of nitrogens with zero attached hydrogens (tertiary/aromatic N) is 3. The Hall–Kier alpha value is -1.90. The maximum Gasteiger partial charge on any atom is 0.264 e. The van der Waals surface area contributed by atoms with E-state index in [0.29, 0.717) is 17.6 Å². The zero-order valence-corrected chi connectivity index (χ0v) is 15.7. The minimum Gasteiger partial charge on any atom is -0.484 e. The molecule has 0 atom stereocenters. The standard InChI is InChI=1S/C16H19ClFN5O2.ClH/c1-23-16(21-15(22-23)10-4-6-19-7-5-10)20-14(24)9-25-11-2-3-13(18)12(17)8-11;/h2-3,8,10,19H,4-7,9H2,1H3,(H,20,21,22,24);1H. The van der Waals surface area contributed by atoms with Gasteiger partial charge in [-0.15, -0.1) is 12.4 Å². The summed E-state index contributed by atoms with van der Waals surface area (Å²) in [6, 6.07) is 3.91. The number of anilines is 1. The second-order valence-corrected chi connectivity index (χ2v) is 6.26. The van der Waals surface area contributed by atoms with Crippen LogP contribution in [0.15, 0.2) is 18.2 Å². The van der Waals surface area contributed by atoms with Crippen molar-refractivity contribution in [3.8, 4) is 5.75 Å². The number of nitrogens with one attached hydrogen (secondary N) is 2. The molecule has 1 saturated heterocycles. The third-order valence-corrected chi connectivity index (χ3v) is 4.29. The van der Waals surface area contributed by atoms with Gasteiger partial charge in [0, 0.05) is 19.0 Å². The van der Waals surface area contributed by atoms with Gasteiger partial charge in [-0.05, 0) is 38.1 Å². The van der Waals surface area contributed by atoms with Gasteiger partial charge >= 0.3 is 0 Å². The molecule has 0 unspecified atom stereocenters. The molecule has 0 spiro atoms. The van der Waals surface area contributed by atoms with Gasteiger partial charge in [0.1, 0.15) is 11.6 Å². The van der Waals surface area contributed by atoms with E-state index in [-0.39, 0.29) is 29.9 Å². The summed E-state index contributed by atoms with van der Waals surface area (Å²) < 4.78 is 20.0. The van der Waals surface area contributed by atoms with Crippen LogP contribution in [0.5, 0.6) is 5.75 Å². The van der Waals surface area contributed by atoms with Crippen LogP contribution in [0.1, 0.15) is 24.6 Å². The Morgan fingerprint density at radius 1 is 1.46 bits per heavy atom. The fourth-order valence-electron chi connectivity index (χ4n) is 2.64. The van der Waals surface area contributed by atoms with Crippen LogP contribution in [0.4, 0.5) is 10.3 Å². The first-order valence-electron chi connectivity index (χ1n) is 8.02. The number of amides is 1. The molecule has 142 valence electrons. The van der Waals surface area contributed by atoms with Crippen LogP contribution in [-0.2, 0) is 11.8 Å². The monoisotopic (exact) mass is 403 g/mol. The highest BCUT2D eigenvalue weighted by atomic mass is 35.5. The van der Waals surface area contributed by atoms with Crippen LogP contribution >= 0.6 is 24.0 Å². The summed E-state index contributed by atoms with van der Waals surface area (Å²) in [4.78, 5) is 16.5. The molecular formula is C16H20Cl2FN5O2. The Labute approximate surface area is 161 Å². The highest BCUT2D eigenvalue weighted by Crippen LogP contribution is 2.23. The molecule has 1 aromatic heterocycles. The summed E-state index contributed by atoms with van der Waals surface area (Å²) in [6.45, 7) is 1.65. The Morgan fingerprint density at radius 3 is 2.88 bits per heavy atom. The van der Waals surface area contributed by atoms with Gasteiger partial charge in [0.05, 0.1) is 5.02 Å². The molecule has 1 aliphatic rings. The van der Waals surface area contributed by atoms with E-state index in [2.05, 4.69) is 20.7 Å². The number of ether oxygens (including phenoxy) is 1. The quantitative estimate of drug-likeness (QED) is 0.801. The number of carbonyl (C=O) groups is 1. The summed E-state index contributed by atoms with van der Waals surface area (Å²) >= 11 is 5.67. The SMILES string of the molecule is Cl.Cn1nc(C2CCNCC2)nc1NC(=O)COc1ccc(F)c(Cl)c1. The van der Waals surface area contributed by atoms with Crippen molar-refractivity contribution in [2.45, 2.75) is 18.8 Å². The Balaban J connectivity index is 0.00000243. The third-order valence-electron chi connectivity index (χ3n) is 4.00. The van der Waals surface area contributed by atoms with E-state index in [1.165, 1.54) is 18.2 Å². The minimum atomic E-state index is -0.539. The highest BCUT2D eigenvalue weighted by Gasteiger charge is 2.21. The average Bonchev–Trinajstić information content (AvgIpc) is 2.97. The van der Waals surface area contributed by atoms with Crippen molar-refractivity contribution in [2.24, 2.45) is 7.05 Å². The van der Waals surface area contributed by atoms with Crippen LogP contribution < -0.4 is 15.4 Å². The largest absolute Gasteiger partial charge is 0.484 e. The lowest BCUT2D eigenvalue weighted by Gasteiger charge is -2.19. The smallest absolute Gasteiger partial charge is 0.264 e. The first-order valence-corrected chi connectivity index (χ1v) is 8.40. The fraction of sp³-hybridized carbons (Fsp3) is 0.438. The van der Waals surface area contributed by atoms with E-state index in [4.69, 9.17) is 16.3 Å². The molecule has 2 heterocycles. The summed E-state index contributed by atoms with van der Waals surface area (Å²) in [5.74, 6) is 0.811. The van der Waals surface area contributed by atoms with E-state index in [1.807, 2.05) is 0 Å². The molecule has 7 nitrogen and oxygen atoms in total. The van der Waals surface area contributed by atoms with Gasteiger partial charge in [-0.3, -0.25) is 10.1 Å². The number of hydrogen-bond acceptors (Lipinski definition) is 5. The number of hydrogen-bond donors (Lipinski definition) is 2. The molecule has 3 rings (SSSR count). The lowest BCUT2D eigenvalue weighted by atomic mass is 9.98. The summed E-state index contributed by atoms with van der Waals surface area (Å²) in [6.07, 6.45) is 1.96. The zero-order chi connectivity index (χ0) is 17.8. The number of rotatable bonds is 5. The molecule has 1 aliphatic heterocycles. The minimum absolute atomic E-state index is 0. The van der Waals surface area contributed by atoms with Gasteiger partial charge in [-0.25, -0.2) is 9.07 Å². The van der Waals surface area contributed by atoms with Gasteiger partial charge < -0.3 is 10.1 Å². The van der Waals surface area contributed by atoms with Gasteiger partial charge in [0.15, 0.2) is 12.4 Å². The summed E-state index contributed by atoms with van der Waals surface area (Å²) in [5, 5.41) is 10.3. The van der Waals surface area contributed by atoms with Crippen molar-refractivity contribution in [3.63, 3.8) is 0 Å². The second kappa shape index (κ2) is 9.16. The Bertz CT molecular complexity index is 765. The van der Waals surface area contributed by atoms with E-state index < -0.39 is 5.82 Å². The van der Waals surface area contributed by atoms with Crippen LogP contribution in [-0.4, -0.2) is 40.4 Å².